The van der Waals surface area contributed by atoms with Gasteiger partial charge in [0.2, 0.25) is 11.8 Å². The summed E-state index contributed by atoms with van der Waals surface area (Å²) in [5, 5.41) is 5.05. The van der Waals surface area contributed by atoms with Gasteiger partial charge in [-0.05, 0) is 36.4 Å². The van der Waals surface area contributed by atoms with Gasteiger partial charge < -0.3 is 10.2 Å². The van der Waals surface area contributed by atoms with Gasteiger partial charge in [0.25, 0.3) is 0 Å². The maximum absolute atomic E-state index is 12.9. The second-order valence-electron chi connectivity index (χ2n) is 6.73. The number of nitrogens with zero attached hydrogens (tertiary/aromatic N) is 2. The molecule has 1 aliphatic carbocycles. The predicted molar refractivity (Wildman–Crippen MR) is 104 cm³/mol. The van der Waals surface area contributed by atoms with Gasteiger partial charge in [-0.25, -0.2) is 4.99 Å². The van der Waals surface area contributed by atoms with E-state index in [2.05, 4.69) is 5.32 Å². The highest BCUT2D eigenvalue weighted by Gasteiger charge is 2.27. The summed E-state index contributed by atoms with van der Waals surface area (Å²) in [6, 6.07) is 11.7. The first kappa shape index (κ1) is 17.0. The number of amides is 2. The number of aliphatic imine (C=N–C) groups is 1. The molecule has 2 amide bonds. The largest absolute Gasteiger partial charge is 0.352 e. The highest BCUT2D eigenvalue weighted by Crippen LogP contribution is 2.33. The summed E-state index contributed by atoms with van der Waals surface area (Å²) in [5.74, 6) is -0.191. The molecule has 1 aromatic carbocycles. The molecule has 0 unspecified atom stereocenters. The first-order valence-corrected chi connectivity index (χ1v) is 9.89. The van der Waals surface area contributed by atoms with Crippen LogP contribution >= 0.6 is 11.3 Å². The third-order valence-electron chi connectivity index (χ3n) is 4.88. The van der Waals surface area contributed by atoms with Crippen molar-refractivity contribution in [1.29, 1.82) is 0 Å². The maximum atomic E-state index is 12.9. The molecule has 2 aliphatic rings. The molecule has 0 spiro atoms. The number of hydrogen-bond acceptors (Lipinski definition) is 4. The van der Waals surface area contributed by atoms with Crippen molar-refractivity contribution in [3.05, 3.63) is 46.7 Å². The van der Waals surface area contributed by atoms with Crippen LogP contribution in [0, 0.1) is 0 Å². The Hall–Kier alpha value is -2.47. The molecule has 1 N–H and O–H groups in total. The molecule has 0 bridgehead atoms. The Morgan fingerprint density at radius 3 is 2.77 bits per heavy atom. The molecule has 26 heavy (non-hydrogen) atoms. The van der Waals surface area contributed by atoms with Gasteiger partial charge in [-0.15, -0.1) is 11.3 Å². The van der Waals surface area contributed by atoms with Gasteiger partial charge in [0, 0.05) is 10.9 Å². The van der Waals surface area contributed by atoms with Crippen molar-refractivity contribution in [2.24, 2.45) is 4.99 Å². The second kappa shape index (κ2) is 7.41. The average Bonchev–Trinajstić information content (AvgIpc) is 3.31. The topological polar surface area (TPSA) is 61.8 Å². The summed E-state index contributed by atoms with van der Waals surface area (Å²) in [4.78, 5) is 32.7. The van der Waals surface area contributed by atoms with Crippen LogP contribution in [0.3, 0.4) is 0 Å². The maximum Gasteiger partial charge on any atom is 0.240 e. The van der Waals surface area contributed by atoms with E-state index in [0.717, 1.165) is 42.0 Å². The molecule has 0 atom stereocenters. The molecule has 0 radical (unpaired) electrons. The van der Waals surface area contributed by atoms with Gasteiger partial charge in [0.15, 0.2) is 0 Å². The fourth-order valence-electron chi connectivity index (χ4n) is 3.59. The van der Waals surface area contributed by atoms with E-state index in [0.29, 0.717) is 5.69 Å². The zero-order chi connectivity index (χ0) is 17.9. The van der Waals surface area contributed by atoms with E-state index in [1.807, 2.05) is 41.8 Å². The Morgan fingerprint density at radius 1 is 1.19 bits per heavy atom. The molecule has 1 fully saturated rings. The molecule has 0 saturated heterocycles. The Morgan fingerprint density at radius 2 is 2.00 bits per heavy atom. The molecule has 1 aliphatic heterocycles. The molecule has 5 nitrogen and oxygen atoms in total. The summed E-state index contributed by atoms with van der Waals surface area (Å²) in [5.41, 5.74) is 2.19. The van der Waals surface area contributed by atoms with Gasteiger partial charge in [-0.3, -0.25) is 9.59 Å². The fraction of sp³-hybridized carbons (Fsp3) is 0.350. The second-order valence-corrected chi connectivity index (χ2v) is 7.68. The van der Waals surface area contributed by atoms with Gasteiger partial charge in [0.05, 0.1) is 23.5 Å². The van der Waals surface area contributed by atoms with E-state index < -0.39 is 0 Å². The van der Waals surface area contributed by atoms with Crippen LogP contribution < -0.4 is 10.2 Å². The molecular formula is C20H21N3O2S. The lowest BCUT2D eigenvalue weighted by atomic mass is 10.2. The van der Waals surface area contributed by atoms with Crippen LogP contribution in [0.15, 0.2) is 46.8 Å². The summed E-state index contributed by atoms with van der Waals surface area (Å²) in [7, 11) is 0. The van der Waals surface area contributed by atoms with Crippen LogP contribution in [0.4, 0.5) is 11.4 Å². The van der Waals surface area contributed by atoms with E-state index in [-0.39, 0.29) is 30.8 Å². The van der Waals surface area contributed by atoms with Crippen molar-refractivity contribution in [3.63, 3.8) is 0 Å². The Labute approximate surface area is 156 Å². The Balaban J connectivity index is 1.59. The quantitative estimate of drug-likeness (QED) is 0.896. The molecule has 2 aromatic rings. The highest BCUT2D eigenvalue weighted by molar-refractivity contribution is 7.12. The van der Waals surface area contributed by atoms with E-state index in [4.69, 9.17) is 4.99 Å². The van der Waals surface area contributed by atoms with E-state index in [1.54, 1.807) is 16.2 Å². The van der Waals surface area contributed by atoms with Gasteiger partial charge in [-0.1, -0.05) is 31.0 Å². The predicted octanol–water partition coefficient (Wildman–Crippen LogP) is 3.66. The molecule has 134 valence electrons. The number of fused-ring (bicyclic) bond motifs is 1. The molecule has 2 heterocycles. The number of anilines is 1. The van der Waals surface area contributed by atoms with Crippen molar-refractivity contribution < 1.29 is 9.59 Å². The Bertz CT molecular complexity index is 839. The zero-order valence-electron chi connectivity index (χ0n) is 14.5. The smallest absolute Gasteiger partial charge is 0.240 e. The standard InChI is InChI=1S/C20H21N3O2S/c24-19(21-14-6-1-2-7-14)13-23-17-9-4-3-8-15(17)22-16(12-20(23)25)18-10-5-11-26-18/h3-5,8-11,14H,1-2,6-7,12-13H2,(H,21,24). The summed E-state index contributed by atoms with van der Waals surface area (Å²) < 4.78 is 0. The first-order chi connectivity index (χ1) is 12.7. The van der Waals surface area contributed by atoms with Crippen molar-refractivity contribution >= 4 is 40.2 Å². The summed E-state index contributed by atoms with van der Waals surface area (Å²) in [6.45, 7) is 0.0413. The number of nitrogens with one attached hydrogen (secondary N) is 1. The fourth-order valence-corrected chi connectivity index (χ4v) is 4.31. The number of rotatable bonds is 4. The lowest BCUT2D eigenvalue weighted by Gasteiger charge is -2.23. The lowest BCUT2D eigenvalue weighted by molar-refractivity contribution is -0.123. The van der Waals surface area contributed by atoms with E-state index in [1.165, 1.54) is 0 Å². The molecule has 1 aromatic heterocycles. The third kappa shape index (κ3) is 3.55. The van der Waals surface area contributed by atoms with Crippen LogP contribution in [0.5, 0.6) is 0 Å². The minimum absolute atomic E-state index is 0.0413. The monoisotopic (exact) mass is 367 g/mol. The van der Waals surface area contributed by atoms with Crippen LogP contribution in [0.2, 0.25) is 0 Å². The Kier molecular flexibility index (Phi) is 4.84. The van der Waals surface area contributed by atoms with Crippen molar-refractivity contribution in [3.8, 4) is 0 Å². The van der Waals surface area contributed by atoms with Crippen LogP contribution in [-0.2, 0) is 9.59 Å². The van der Waals surface area contributed by atoms with Crippen molar-refractivity contribution in [2.45, 2.75) is 38.1 Å². The van der Waals surface area contributed by atoms with Crippen LogP contribution in [-0.4, -0.2) is 30.1 Å². The van der Waals surface area contributed by atoms with Crippen molar-refractivity contribution in [1.82, 2.24) is 5.32 Å². The zero-order valence-corrected chi connectivity index (χ0v) is 15.3. The van der Waals surface area contributed by atoms with Crippen molar-refractivity contribution in [2.75, 3.05) is 11.4 Å². The van der Waals surface area contributed by atoms with Gasteiger partial charge >= 0.3 is 0 Å². The van der Waals surface area contributed by atoms with Crippen LogP contribution in [0.25, 0.3) is 0 Å². The van der Waals surface area contributed by atoms with E-state index >= 15 is 0 Å². The number of para-hydroxylation sites is 2. The first-order valence-electron chi connectivity index (χ1n) is 9.01. The minimum atomic E-state index is -0.0976. The number of hydrogen-bond donors (Lipinski definition) is 1. The molecular weight excluding hydrogens is 346 g/mol. The number of benzene rings is 1. The number of carbonyl (C=O) groups excluding carboxylic acids is 2. The average molecular weight is 367 g/mol. The van der Waals surface area contributed by atoms with Crippen LogP contribution in [0.1, 0.15) is 37.0 Å². The van der Waals surface area contributed by atoms with E-state index in [9.17, 15) is 9.59 Å². The molecule has 6 heteroatoms. The summed E-state index contributed by atoms with van der Waals surface area (Å²) in [6.07, 6.45) is 4.58. The number of thiophene rings is 1. The van der Waals surface area contributed by atoms with Gasteiger partial charge in [0.1, 0.15) is 6.54 Å². The molecule has 4 rings (SSSR count). The SMILES string of the molecule is O=C(CN1C(=O)CC(c2cccs2)=Nc2ccccc21)NC1CCCC1. The number of carbonyl (C=O) groups is 2. The third-order valence-corrected chi connectivity index (χ3v) is 5.79. The minimum Gasteiger partial charge on any atom is -0.352 e. The highest BCUT2D eigenvalue weighted by atomic mass is 32.1. The molecule has 1 saturated carbocycles. The van der Waals surface area contributed by atoms with Gasteiger partial charge in [-0.2, -0.15) is 0 Å². The summed E-state index contributed by atoms with van der Waals surface area (Å²) >= 11 is 1.57. The lowest BCUT2D eigenvalue weighted by Crippen LogP contribution is -2.43. The normalized spacial score (nSPS) is 17.6.